The Hall–Kier alpha value is -3.22. The van der Waals surface area contributed by atoms with E-state index in [0.29, 0.717) is 18.7 Å². The minimum atomic E-state index is 0.134. The summed E-state index contributed by atoms with van der Waals surface area (Å²) in [4.78, 5) is 14.7. The quantitative estimate of drug-likeness (QED) is 0.546. The fourth-order valence-corrected chi connectivity index (χ4v) is 3.59. The summed E-state index contributed by atoms with van der Waals surface area (Å²) in [5, 5.41) is 13.3. The Labute approximate surface area is 155 Å². The van der Waals surface area contributed by atoms with Crippen molar-refractivity contribution in [2.24, 2.45) is 5.92 Å². The van der Waals surface area contributed by atoms with E-state index in [4.69, 9.17) is 4.42 Å². The van der Waals surface area contributed by atoms with Crippen molar-refractivity contribution in [3.05, 3.63) is 59.5 Å². The fourth-order valence-electron chi connectivity index (χ4n) is 3.59. The van der Waals surface area contributed by atoms with Gasteiger partial charge in [-0.2, -0.15) is 4.52 Å². The molecule has 1 aliphatic rings. The van der Waals surface area contributed by atoms with Gasteiger partial charge >= 0.3 is 0 Å². The smallest absolute Gasteiger partial charge is 0.226 e. The molecule has 1 aromatic carbocycles. The van der Waals surface area contributed by atoms with E-state index in [0.717, 1.165) is 40.6 Å². The normalized spacial score (nSPS) is 14.1. The molecule has 5 rings (SSSR count). The van der Waals surface area contributed by atoms with E-state index in [-0.39, 0.29) is 11.8 Å². The van der Waals surface area contributed by atoms with Gasteiger partial charge in [0.2, 0.25) is 5.91 Å². The van der Waals surface area contributed by atoms with Crippen molar-refractivity contribution >= 4 is 22.5 Å². The van der Waals surface area contributed by atoms with E-state index in [9.17, 15) is 4.79 Å². The zero-order valence-corrected chi connectivity index (χ0v) is 15.0. The van der Waals surface area contributed by atoms with Crippen LogP contribution < -0.4 is 0 Å². The highest BCUT2D eigenvalue weighted by Gasteiger charge is 2.34. The Balaban J connectivity index is 1.58. The van der Waals surface area contributed by atoms with E-state index in [1.54, 1.807) is 10.8 Å². The first kappa shape index (κ1) is 16.0. The summed E-state index contributed by atoms with van der Waals surface area (Å²) in [7, 11) is 0. The molecule has 0 bridgehead atoms. The Morgan fingerprint density at radius 1 is 1.26 bits per heavy atom. The molecule has 1 amide bonds. The summed E-state index contributed by atoms with van der Waals surface area (Å²) < 4.78 is 7.24. The molecule has 0 saturated heterocycles. The van der Waals surface area contributed by atoms with Crippen molar-refractivity contribution in [3.63, 3.8) is 0 Å². The number of para-hydroxylation sites is 1. The molecular formula is C20H19N5O2. The maximum atomic E-state index is 12.9. The molecule has 1 aliphatic carbocycles. The van der Waals surface area contributed by atoms with Crippen LogP contribution >= 0.6 is 0 Å². The second-order valence-corrected chi connectivity index (χ2v) is 7.14. The molecule has 0 radical (unpaired) electrons. The lowest BCUT2D eigenvalue weighted by molar-refractivity contribution is -0.134. The monoisotopic (exact) mass is 361 g/mol. The number of tetrazole rings is 1. The molecular weight excluding hydrogens is 342 g/mol. The van der Waals surface area contributed by atoms with Gasteiger partial charge in [-0.15, -0.1) is 5.10 Å². The molecule has 0 atom stereocenters. The SMILES string of the molecule is Cc1cccc2cc(CN(Cc3ccco3)C(=O)C3CC3)c3nnnn3c12. The molecule has 0 N–H and O–H groups in total. The lowest BCUT2D eigenvalue weighted by Crippen LogP contribution is -2.31. The number of pyridine rings is 1. The van der Waals surface area contributed by atoms with Gasteiger partial charge in [-0.05, 0) is 54.0 Å². The molecule has 1 fully saturated rings. The number of amides is 1. The highest BCUT2D eigenvalue weighted by atomic mass is 16.3. The largest absolute Gasteiger partial charge is 0.467 e. The summed E-state index contributed by atoms with van der Waals surface area (Å²) in [5.41, 5.74) is 3.72. The highest BCUT2D eigenvalue weighted by molar-refractivity contribution is 5.86. The number of hydrogen-bond acceptors (Lipinski definition) is 5. The first-order valence-electron chi connectivity index (χ1n) is 9.11. The number of nitrogens with zero attached hydrogens (tertiary/aromatic N) is 5. The van der Waals surface area contributed by atoms with Crippen LogP contribution in [0.4, 0.5) is 0 Å². The van der Waals surface area contributed by atoms with Crippen molar-refractivity contribution in [2.45, 2.75) is 32.9 Å². The third kappa shape index (κ3) is 2.85. The number of aryl methyl sites for hydroxylation is 1. The molecule has 136 valence electrons. The molecule has 7 heteroatoms. The standard InChI is InChI=1S/C20H19N5O2/c1-13-4-2-5-15-10-16(19-21-22-23-25(19)18(13)15)11-24(20(26)14-7-8-14)12-17-6-3-9-27-17/h2-6,9-10,14H,7-8,11-12H2,1H3. The average Bonchev–Trinajstić information content (AvgIpc) is 3.16. The van der Waals surface area contributed by atoms with E-state index in [1.165, 1.54) is 0 Å². The van der Waals surface area contributed by atoms with Crippen LogP contribution in [0.1, 0.15) is 29.7 Å². The van der Waals surface area contributed by atoms with Gasteiger partial charge in [0, 0.05) is 23.4 Å². The van der Waals surface area contributed by atoms with Crippen LogP contribution in [0, 0.1) is 12.8 Å². The Kier molecular flexibility index (Phi) is 3.67. The van der Waals surface area contributed by atoms with Gasteiger partial charge in [0.15, 0.2) is 5.65 Å². The van der Waals surface area contributed by atoms with Crippen LogP contribution in [0.2, 0.25) is 0 Å². The third-order valence-corrected chi connectivity index (χ3v) is 5.09. The van der Waals surface area contributed by atoms with Crippen LogP contribution in [0.15, 0.2) is 47.1 Å². The lowest BCUT2D eigenvalue weighted by atomic mass is 10.1. The van der Waals surface area contributed by atoms with Crippen molar-refractivity contribution in [3.8, 4) is 0 Å². The first-order valence-corrected chi connectivity index (χ1v) is 9.11. The number of carbonyl (C=O) groups excluding carboxylic acids is 1. The maximum absolute atomic E-state index is 12.9. The first-order chi connectivity index (χ1) is 13.2. The predicted octanol–water partition coefficient (Wildman–Crippen LogP) is 3.12. The molecule has 27 heavy (non-hydrogen) atoms. The highest BCUT2D eigenvalue weighted by Crippen LogP contribution is 2.32. The van der Waals surface area contributed by atoms with Crippen molar-refractivity contribution in [1.82, 2.24) is 24.9 Å². The number of rotatable bonds is 5. The number of fused-ring (bicyclic) bond motifs is 3. The van der Waals surface area contributed by atoms with Crippen molar-refractivity contribution in [2.75, 3.05) is 0 Å². The number of furan rings is 1. The lowest BCUT2D eigenvalue weighted by Gasteiger charge is -2.22. The summed E-state index contributed by atoms with van der Waals surface area (Å²) in [6.45, 7) is 2.94. The van der Waals surface area contributed by atoms with Gasteiger partial charge in [-0.1, -0.05) is 18.2 Å². The third-order valence-electron chi connectivity index (χ3n) is 5.09. The topological polar surface area (TPSA) is 76.5 Å². The van der Waals surface area contributed by atoms with E-state index in [2.05, 4.69) is 21.6 Å². The van der Waals surface area contributed by atoms with Gasteiger partial charge < -0.3 is 9.32 Å². The second-order valence-electron chi connectivity index (χ2n) is 7.14. The van der Waals surface area contributed by atoms with Gasteiger partial charge in [-0.25, -0.2) is 0 Å². The van der Waals surface area contributed by atoms with Crippen LogP contribution in [0.25, 0.3) is 16.6 Å². The number of hydrogen-bond donors (Lipinski definition) is 0. The summed E-state index contributed by atoms with van der Waals surface area (Å²) in [6.07, 6.45) is 3.56. The van der Waals surface area contributed by atoms with Gasteiger partial charge in [-0.3, -0.25) is 4.79 Å². The van der Waals surface area contributed by atoms with Crippen molar-refractivity contribution < 1.29 is 9.21 Å². The van der Waals surface area contributed by atoms with E-state index < -0.39 is 0 Å². The number of aromatic nitrogens is 4. The number of benzene rings is 1. The van der Waals surface area contributed by atoms with Crippen LogP contribution in [-0.4, -0.2) is 30.8 Å². The summed E-state index contributed by atoms with van der Waals surface area (Å²) >= 11 is 0. The summed E-state index contributed by atoms with van der Waals surface area (Å²) in [5.74, 6) is 1.08. The second kappa shape index (κ2) is 6.19. The van der Waals surface area contributed by atoms with Crippen LogP contribution in [0.3, 0.4) is 0 Å². The van der Waals surface area contributed by atoms with Gasteiger partial charge in [0.1, 0.15) is 5.76 Å². The maximum Gasteiger partial charge on any atom is 0.226 e. The average molecular weight is 361 g/mol. The van der Waals surface area contributed by atoms with Crippen molar-refractivity contribution in [1.29, 1.82) is 0 Å². The Morgan fingerprint density at radius 3 is 2.93 bits per heavy atom. The molecule has 3 heterocycles. The Bertz CT molecular complexity index is 1130. The van der Waals surface area contributed by atoms with Gasteiger partial charge in [0.25, 0.3) is 0 Å². The molecule has 1 saturated carbocycles. The summed E-state index contributed by atoms with van der Waals surface area (Å²) in [6, 6.07) is 11.9. The Morgan fingerprint density at radius 2 is 2.15 bits per heavy atom. The number of carbonyl (C=O) groups is 1. The van der Waals surface area contributed by atoms with Crippen LogP contribution in [-0.2, 0) is 17.9 Å². The molecule has 0 unspecified atom stereocenters. The minimum Gasteiger partial charge on any atom is -0.467 e. The van der Waals surface area contributed by atoms with Crippen LogP contribution in [0.5, 0.6) is 0 Å². The van der Waals surface area contributed by atoms with E-state index >= 15 is 0 Å². The molecule has 0 aliphatic heterocycles. The minimum absolute atomic E-state index is 0.134. The predicted molar refractivity (Wildman–Crippen MR) is 98.7 cm³/mol. The molecule has 4 aromatic rings. The fraction of sp³-hybridized carbons (Fsp3) is 0.300. The molecule has 3 aromatic heterocycles. The molecule has 0 spiro atoms. The van der Waals surface area contributed by atoms with Gasteiger partial charge in [0.05, 0.1) is 18.3 Å². The molecule has 7 nitrogen and oxygen atoms in total. The zero-order valence-electron chi connectivity index (χ0n) is 15.0. The zero-order chi connectivity index (χ0) is 18.4. The van der Waals surface area contributed by atoms with E-state index in [1.807, 2.05) is 42.2 Å².